The van der Waals surface area contributed by atoms with Gasteiger partial charge in [0, 0.05) is 6.92 Å². The molecular weight excluding hydrogens is 150 g/mol. The van der Waals surface area contributed by atoms with E-state index in [1.807, 2.05) is 0 Å². The van der Waals surface area contributed by atoms with Crippen molar-refractivity contribution in [3.63, 3.8) is 0 Å². The van der Waals surface area contributed by atoms with Gasteiger partial charge in [-0.1, -0.05) is 11.8 Å². The quantitative estimate of drug-likeness (QED) is 0.641. The van der Waals surface area contributed by atoms with E-state index in [1.165, 1.54) is 6.92 Å². The van der Waals surface area contributed by atoms with E-state index in [0.29, 0.717) is 0 Å². The van der Waals surface area contributed by atoms with Crippen LogP contribution < -0.4 is 5.73 Å². The molecule has 0 radical (unpaired) electrons. The molecule has 0 amide bonds. The standard InChI is InChI=1S/C6H11NO2S/c1-4(7)6(9)3-10-5(2)8/h4H,3,7H2,1-2H3/t4-/m0/s1. The van der Waals surface area contributed by atoms with E-state index in [4.69, 9.17) is 5.73 Å². The maximum Gasteiger partial charge on any atom is 0.186 e. The Labute approximate surface area is 64.4 Å². The number of carbonyl (C=O) groups is 2. The van der Waals surface area contributed by atoms with Crippen LogP contribution in [-0.4, -0.2) is 22.7 Å². The van der Waals surface area contributed by atoms with E-state index in [0.717, 1.165) is 11.8 Å². The third-order valence-electron chi connectivity index (χ3n) is 0.926. The first kappa shape index (κ1) is 9.65. The second-order valence-corrected chi connectivity index (χ2v) is 3.19. The lowest BCUT2D eigenvalue weighted by molar-refractivity contribution is -0.117. The molecule has 0 aromatic rings. The summed E-state index contributed by atoms with van der Waals surface area (Å²) in [6.07, 6.45) is 0. The van der Waals surface area contributed by atoms with Crippen molar-refractivity contribution in [2.24, 2.45) is 5.73 Å². The fourth-order valence-electron chi connectivity index (χ4n) is 0.304. The minimum Gasteiger partial charge on any atom is -0.322 e. The van der Waals surface area contributed by atoms with Crippen LogP contribution in [-0.2, 0) is 9.59 Å². The molecule has 0 aliphatic rings. The average Bonchev–Trinajstić information content (AvgIpc) is 1.82. The zero-order chi connectivity index (χ0) is 8.15. The van der Waals surface area contributed by atoms with Crippen molar-refractivity contribution in [1.82, 2.24) is 0 Å². The molecule has 0 aromatic carbocycles. The zero-order valence-corrected chi connectivity index (χ0v) is 6.90. The Morgan fingerprint density at radius 2 is 2.10 bits per heavy atom. The number of Topliss-reactive ketones (excluding diaryl/α,β-unsaturated/α-hetero) is 1. The summed E-state index contributed by atoms with van der Waals surface area (Å²) in [5, 5.41) is -0.0472. The molecular formula is C6H11NO2S. The first-order valence-electron chi connectivity index (χ1n) is 2.95. The number of nitrogens with two attached hydrogens (primary N) is 1. The highest BCUT2D eigenvalue weighted by molar-refractivity contribution is 8.14. The smallest absolute Gasteiger partial charge is 0.186 e. The topological polar surface area (TPSA) is 60.2 Å². The van der Waals surface area contributed by atoms with Gasteiger partial charge in [-0.15, -0.1) is 0 Å². The number of rotatable bonds is 3. The van der Waals surface area contributed by atoms with Crippen LogP contribution in [0.4, 0.5) is 0 Å². The summed E-state index contributed by atoms with van der Waals surface area (Å²) in [5.41, 5.74) is 5.25. The lowest BCUT2D eigenvalue weighted by atomic mass is 10.3. The molecule has 0 bridgehead atoms. The van der Waals surface area contributed by atoms with Gasteiger partial charge in [0.05, 0.1) is 11.8 Å². The SMILES string of the molecule is CC(=O)SCC(=O)[C@H](C)N. The molecule has 10 heavy (non-hydrogen) atoms. The molecule has 4 heteroatoms. The van der Waals surface area contributed by atoms with E-state index < -0.39 is 6.04 Å². The van der Waals surface area contributed by atoms with Gasteiger partial charge in [-0.3, -0.25) is 9.59 Å². The summed E-state index contributed by atoms with van der Waals surface area (Å²) < 4.78 is 0. The highest BCUT2D eigenvalue weighted by atomic mass is 32.2. The van der Waals surface area contributed by atoms with Gasteiger partial charge in [-0.05, 0) is 6.92 Å². The summed E-state index contributed by atoms with van der Waals surface area (Å²) in [4.78, 5) is 21.1. The van der Waals surface area contributed by atoms with Crippen molar-refractivity contribution in [1.29, 1.82) is 0 Å². The molecule has 0 aliphatic carbocycles. The van der Waals surface area contributed by atoms with Gasteiger partial charge < -0.3 is 5.73 Å². The highest BCUT2D eigenvalue weighted by Gasteiger charge is 2.07. The van der Waals surface area contributed by atoms with Crippen molar-refractivity contribution < 1.29 is 9.59 Å². The number of hydrogen-bond donors (Lipinski definition) is 1. The van der Waals surface area contributed by atoms with Gasteiger partial charge in [0.2, 0.25) is 0 Å². The minimum absolute atomic E-state index is 0.0472. The van der Waals surface area contributed by atoms with E-state index >= 15 is 0 Å². The molecule has 0 fully saturated rings. The Balaban J connectivity index is 3.50. The summed E-state index contributed by atoms with van der Waals surface area (Å²) >= 11 is 0.999. The van der Waals surface area contributed by atoms with Crippen LogP contribution in [0.3, 0.4) is 0 Å². The Bertz CT molecular complexity index is 145. The number of thioether (sulfide) groups is 1. The number of hydrogen-bond acceptors (Lipinski definition) is 4. The third-order valence-corrected chi connectivity index (χ3v) is 1.76. The van der Waals surface area contributed by atoms with Crippen LogP contribution in [0, 0.1) is 0 Å². The van der Waals surface area contributed by atoms with Crippen molar-refractivity contribution in [2.75, 3.05) is 5.75 Å². The van der Waals surface area contributed by atoms with Crippen LogP contribution in [0.1, 0.15) is 13.8 Å². The zero-order valence-electron chi connectivity index (χ0n) is 6.09. The molecule has 0 unspecified atom stereocenters. The van der Waals surface area contributed by atoms with Gasteiger partial charge in [-0.25, -0.2) is 0 Å². The Morgan fingerprint density at radius 3 is 2.40 bits per heavy atom. The second-order valence-electron chi connectivity index (χ2n) is 2.04. The molecule has 0 saturated carbocycles. The van der Waals surface area contributed by atoms with Gasteiger partial charge in [0.15, 0.2) is 10.9 Å². The molecule has 58 valence electrons. The summed E-state index contributed by atoms with van der Waals surface area (Å²) in [5.74, 6) is 0.118. The lowest BCUT2D eigenvalue weighted by Gasteiger charge is -2.00. The third kappa shape index (κ3) is 4.52. The monoisotopic (exact) mass is 161 g/mol. The predicted octanol–water partition coefficient (Wildman–Crippen LogP) is 0.182. The second kappa shape index (κ2) is 4.46. The van der Waals surface area contributed by atoms with E-state index in [1.54, 1.807) is 6.92 Å². The summed E-state index contributed by atoms with van der Waals surface area (Å²) in [7, 11) is 0. The number of carbonyl (C=O) groups excluding carboxylic acids is 2. The first-order valence-corrected chi connectivity index (χ1v) is 3.94. The Kier molecular flexibility index (Phi) is 4.31. The molecule has 0 rings (SSSR count). The molecule has 0 aliphatic heterocycles. The average molecular weight is 161 g/mol. The van der Waals surface area contributed by atoms with Gasteiger partial charge in [0.25, 0.3) is 0 Å². The van der Waals surface area contributed by atoms with E-state index in [2.05, 4.69) is 0 Å². The van der Waals surface area contributed by atoms with Crippen LogP contribution >= 0.6 is 11.8 Å². The molecule has 0 aromatic heterocycles. The molecule has 0 spiro atoms. The normalized spacial score (nSPS) is 12.7. The molecule has 3 nitrogen and oxygen atoms in total. The first-order chi connectivity index (χ1) is 4.54. The summed E-state index contributed by atoms with van der Waals surface area (Å²) in [6.45, 7) is 3.04. The van der Waals surface area contributed by atoms with Crippen molar-refractivity contribution in [3.05, 3.63) is 0 Å². The van der Waals surface area contributed by atoms with Crippen LogP contribution in [0.15, 0.2) is 0 Å². The van der Waals surface area contributed by atoms with Gasteiger partial charge in [-0.2, -0.15) is 0 Å². The highest BCUT2D eigenvalue weighted by Crippen LogP contribution is 2.01. The summed E-state index contributed by atoms with van der Waals surface area (Å²) in [6, 6.07) is -0.452. The Morgan fingerprint density at radius 1 is 1.60 bits per heavy atom. The number of ketones is 1. The minimum atomic E-state index is -0.452. The van der Waals surface area contributed by atoms with Crippen molar-refractivity contribution >= 4 is 22.7 Å². The molecule has 0 saturated heterocycles. The molecule has 0 heterocycles. The van der Waals surface area contributed by atoms with Crippen molar-refractivity contribution in [3.8, 4) is 0 Å². The molecule has 1 atom stereocenters. The van der Waals surface area contributed by atoms with Crippen LogP contribution in [0.25, 0.3) is 0 Å². The fourth-order valence-corrected chi connectivity index (χ4v) is 0.913. The van der Waals surface area contributed by atoms with E-state index in [9.17, 15) is 9.59 Å². The van der Waals surface area contributed by atoms with Crippen LogP contribution in [0.2, 0.25) is 0 Å². The van der Waals surface area contributed by atoms with Crippen LogP contribution in [0.5, 0.6) is 0 Å². The molecule has 2 N–H and O–H groups in total. The van der Waals surface area contributed by atoms with Gasteiger partial charge >= 0.3 is 0 Å². The predicted molar refractivity (Wildman–Crippen MR) is 41.8 cm³/mol. The lowest BCUT2D eigenvalue weighted by Crippen LogP contribution is -2.28. The maximum atomic E-state index is 10.7. The fraction of sp³-hybridized carbons (Fsp3) is 0.667. The Hall–Kier alpha value is -0.350. The van der Waals surface area contributed by atoms with E-state index in [-0.39, 0.29) is 16.7 Å². The van der Waals surface area contributed by atoms with Gasteiger partial charge in [0.1, 0.15) is 0 Å². The van der Waals surface area contributed by atoms with Crippen molar-refractivity contribution in [2.45, 2.75) is 19.9 Å². The maximum absolute atomic E-state index is 10.7. The largest absolute Gasteiger partial charge is 0.322 e.